The smallest absolute Gasteiger partial charge is 0.331 e. The van der Waals surface area contributed by atoms with Gasteiger partial charge >= 0.3 is 5.97 Å². The molecule has 36 heavy (non-hydrogen) atoms. The van der Waals surface area contributed by atoms with Gasteiger partial charge in [-0.2, -0.15) is 0 Å². The van der Waals surface area contributed by atoms with Crippen molar-refractivity contribution in [3.63, 3.8) is 0 Å². The molecule has 0 radical (unpaired) electrons. The van der Waals surface area contributed by atoms with Crippen LogP contribution in [-0.4, -0.2) is 69.7 Å². The van der Waals surface area contributed by atoms with Crippen molar-refractivity contribution in [2.75, 3.05) is 14.1 Å². The van der Waals surface area contributed by atoms with E-state index < -0.39 is 29.5 Å². The highest BCUT2D eigenvalue weighted by Crippen LogP contribution is 2.51. The van der Waals surface area contributed by atoms with Gasteiger partial charge in [-0.25, -0.2) is 4.79 Å². The van der Waals surface area contributed by atoms with Crippen molar-refractivity contribution in [1.82, 2.24) is 15.1 Å². The van der Waals surface area contributed by atoms with E-state index in [4.69, 9.17) is 0 Å². The minimum absolute atomic E-state index is 0.00695. The maximum Gasteiger partial charge on any atom is 0.331 e. The van der Waals surface area contributed by atoms with Crippen molar-refractivity contribution in [3.05, 3.63) is 47.5 Å². The number of benzene rings is 1. The molecule has 4 unspecified atom stereocenters. The fraction of sp³-hybridized carbons (Fsp3) is 0.607. The number of carboxylic acid groups (broad SMARTS) is 1. The number of carbonyl (C=O) groups is 3. The maximum absolute atomic E-state index is 13.8. The predicted molar refractivity (Wildman–Crippen MR) is 147 cm³/mol. The number of amides is 2. The van der Waals surface area contributed by atoms with E-state index in [0.717, 1.165) is 5.56 Å². The number of carbonyl (C=O) groups excluding carboxylic acids is 2. The Morgan fingerprint density at radius 1 is 1.17 bits per heavy atom. The molecule has 0 aliphatic carbocycles. The first-order valence-corrected chi connectivity index (χ1v) is 13.3. The van der Waals surface area contributed by atoms with Crippen molar-refractivity contribution >= 4 is 29.5 Å². The van der Waals surface area contributed by atoms with E-state index in [1.54, 1.807) is 29.8 Å². The van der Waals surface area contributed by atoms with Crippen LogP contribution in [0.25, 0.3) is 0 Å². The van der Waals surface area contributed by atoms with Crippen LogP contribution in [0.1, 0.15) is 66.3 Å². The summed E-state index contributed by atoms with van der Waals surface area (Å²) in [4.78, 5) is 42.6. The lowest BCUT2D eigenvalue weighted by Gasteiger charge is -2.39. The van der Waals surface area contributed by atoms with Gasteiger partial charge in [0.1, 0.15) is 12.1 Å². The summed E-state index contributed by atoms with van der Waals surface area (Å²) in [5.41, 5.74) is 0.765. The second-order valence-corrected chi connectivity index (χ2v) is 13.4. The molecule has 2 rings (SSSR count). The summed E-state index contributed by atoms with van der Waals surface area (Å²) in [5, 5.41) is 12.5. The van der Waals surface area contributed by atoms with Gasteiger partial charge in [-0.1, -0.05) is 71.0 Å². The fourth-order valence-corrected chi connectivity index (χ4v) is 6.34. The summed E-state index contributed by atoms with van der Waals surface area (Å²) in [7, 11) is 3.63. The summed E-state index contributed by atoms with van der Waals surface area (Å²) in [5.74, 6) is -1.45. The zero-order valence-electron chi connectivity index (χ0n) is 23.3. The third-order valence-electron chi connectivity index (χ3n) is 6.82. The van der Waals surface area contributed by atoms with Crippen LogP contribution in [0.4, 0.5) is 0 Å². The van der Waals surface area contributed by atoms with Crippen molar-refractivity contribution in [2.24, 2.45) is 11.3 Å². The van der Waals surface area contributed by atoms with E-state index >= 15 is 0 Å². The van der Waals surface area contributed by atoms with E-state index in [0.29, 0.717) is 0 Å². The largest absolute Gasteiger partial charge is 0.478 e. The highest BCUT2D eigenvalue weighted by atomic mass is 32.2. The molecule has 7 nitrogen and oxygen atoms in total. The summed E-state index contributed by atoms with van der Waals surface area (Å²) in [6.45, 7) is 15.3. The number of nitrogens with one attached hydrogen (secondary N) is 1. The molecule has 0 aromatic heterocycles. The van der Waals surface area contributed by atoms with Crippen LogP contribution in [0.2, 0.25) is 0 Å². The lowest BCUT2D eigenvalue weighted by molar-refractivity contribution is -0.141. The molecule has 200 valence electrons. The second kappa shape index (κ2) is 11.4. The first kappa shape index (κ1) is 29.9. The molecular weight excluding hydrogens is 474 g/mol. The van der Waals surface area contributed by atoms with Crippen LogP contribution in [0.5, 0.6) is 0 Å². The summed E-state index contributed by atoms with van der Waals surface area (Å²) in [6, 6.07) is 8.48. The van der Waals surface area contributed by atoms with Gasteiger partial charge in [0, 0.05) is 17.4 Å². The molecule has 2 amide bonds. The van der Waals surface area contributed by atoms with E-state index in [1.807, 2.05) is 59.9 Å². The minimum Gasteiger partial charge on any atom is -0.478 e. The maximum atomic E-state index is 13.8. The monoisotopic (exact) mass is 517 g/mol. The number of rotatable bonds is 8. The van der Waals surface area contributed by atoms with Gasteiger partial charge in [0.15, 0.2) is 0 Å². The van der Waals surface area contributed by atoms with Crippen molar-refractivity contribution in [1.29, 1.82) is 0 Å². The van der Waals surface area contributed by atoms with E-state index in [1.165, 1.54) is 6.92 Å². The lowest BCUT2D eigenvalue weighted by atomic mass is 9.84. The van der Waals surface area contributed by atoms with Gasteiger partial charge in [0.2, 0.25) is 11.8 Å². The predicted octanol–water partition coefficient (Wildman–Crippen LogP) is 4.56. The molecule has 2 N–H and O–H groups in total. The molecule has 4 atom stereocenters. The quantitative estimate of drug-likeness (QED) is 0.492. The molecular formula is C28H43N3O4S. The van der Waals surface area contributed by atoms with Crippen LogP contribution in [0.3, 0.4) is 0 Å². The first-order valence-electron chi connectivity index (χ1n) is 12.4. The van der Waals surface area contributed by atoms with Gasteiger partial charge in [0.05, 0.1) is 11.4 Å². The van der Waals surface area contributed by atoms with E-state index in [-0.39, 0.29) is 33.4 Å². The molecule has 1 heterocycles. The number of likely N-dealkylation sites (N-methyl/N-ethyl adjacent to an activating group) is 2. The van der Waals surface area contributed by atoms with Gasteiger partial charge in [0.25, 0.3) is 0 Å². The Balaban J connectivity index is 2.34. The molecule has 1 saturated heterocycles. The van der Waals surface area contributed by atoms with Crippen LogP contribution in [0, 0.1) is 11.3 Å². The average molecular weight is 518 g/mol. The highest BCUT2D eigenvalue weighted by molar-refractivity contribution is 8.01. The summed E-state index contributed by atoms with van der Waals surface area (Å²) >= 11 is 1.74. The van der Waals surface area contributed by atoms with E-state index in [2.05, 4.69) is 36.2 Å². The topological polar surface area (TPSA) is 90.0 Å². The van der Waals surface area contributed by atoms with Gasteiger partial charge < -0.3 is 15.3 Å². The first-order chi connectivity index (χ1) is 16.5. The Kier molecular flexibility index (Phi) is 9.46. The number of hydrogen-bond acceptors (Lipinski definition) is 5. The molecule has 1 fully saturated rings. The Labute approximate surface area is 220 Å². The number of thioether (sulfide) groups is 1. The Morgan fingerprint density at radius 3 is 2.19 bits per heavy atom. The molecule has 1 aliphatic rings. The minimum atomic E-state index is -1.01. The van der Waals surface area contributed by atoms with Gasteiger partial charge in [-0.15, -0.1) is 11.8 Å². The average Bonchev–Trinajstić information content (AvgIpc) is 3.02. The molecule has 0 bridgehead atoms. The Bertz CT molecular complexity index is 984. The third kappa shape index (κ3) is 6.71. The molecule has 0 saturated carbocycles. The van der Waals surface area contributed by atoms with Gasteiger partial charge in [-0.05, 0) is 44.7 Å². The van der Waals surface area contributed by atoms with Crippen molar-refractivity contribution in [2.45, 2.75) is 83.6 Å². The molecule has 8 heteroatoms. The Morgan fingerprint density at radius 2 is 1.72 bits per heavy atom. The van der Waals surface area contributed by atoms with Crippen LogP contribution < -0.4 is 5.32 Å². The molecule has 1 aromatic rings. The zero-order chi connectivity index (χ0) is 27.6. The number of nitrogens with zero attached hydrogens (tertiary/aromatic N) is 2. The zero-order valence-corrected chi connectivity index (χ0v) is 24.1. The lowest BCUT2D eigenvalue weighted by Crippen LogP contribution is -2.60. The highest BCUT2D eigenvalue weighted by Gasteiger charge is 2.51. The number of carboxylic acids is 1. The standard InChI is InChI=1S/C28H43N3O4S/c1-17(2)20(16-18(3)26(34)35)30(9)24(33)21(27(4,5)6)29-23(32)22-28(7,8)36-25(31(22)10)19-14-12-11-13-15-19/h11-17,20-22,25H,1-10H3,(H,29,32)(H,34,35)/b18-16+. The summed E-state index contributed by atoms with van der Waals surface area (Å²) < 4.78 is -0.376. The number of aliphatic carboxylic acids is 1. The normalized spacial score (nSPS) is 22.2. The fourth-order valence-electron chi connectivity index (χ4n) is 4.78. The van der Waals surface area contributed by atoms with Crippen molar-refractivity contribution < 1.29 is 19.5 Å². The molecule has 0 spiro atoms. The van der Waals surface area contributed by atoms with Crippen molar-refractivity contribution in [3.8, 4) is 0 Å². The third-order valence-corrected chi connectivity index (χ3v) is 8.48. The number of hydrogen-bond donors (Lipinski definition) is 2. The van der Waals surface area contributed by atoms with Crippen LogP contribution in [-0.2, 0) is 14.4 Å². The SMILES string of the molecule is C/C(=C\C(C(C)C)N(C)C(=O)C(NC(=O)C1N(C)C(c2ccccc2)SC1(C)C)C(C)(C)C)C(=O)O. The summed E-state index contributed by atoms with van der Waals surface area (Å²) in [6.07, 6.45) is 1.61. The molecule has 1 aliphatic heterocycles. The molecule has 1 aromatic carbocycles. The van der Waals surface area contributed by atoms with E-state index in [9.17, 15) is 19.5 Å². The van der Waals surface area contributed by atoms with Gasteiger partial charge in [-0.3, -0.25) is 14.5 Å². The van der Waals surface area contributed by atoms with Crippen LogP contribution >= 0.6 is 11.8 Å². The Hall–Kier alpha value is -2.32. The second-order valence-electron chi connectivity index (χ2n) is 11.7. The van der Waals surface area contributed by atoms with Crippen LogP contribution in [0.15, 0.2) is 42.0 Å².